The summed E-state index contributed by atoms with van der Waals surface area (Å²) in [4.78, 5) is 27.0. The Kier molecular flexibility index (Phi) is 7.26. The highest BCUT2D eigenvalue weighted by molar-refractivity contribution is 6.02. The van der Waals surface area contributed by atoms with E-state index in [4.69, 9.17) is 13.9 Å². The van der Waals surface area contributed by atoms with E-state index in [1.807, 2.05) is 30.3 Å². The molecule has 6 nitrogen and oxygen atoms in total. The third kappa shape index (κ3) is 4.56. The van der Waals surface area contributed by atoms with Crippen LogP contribution in [0.5, 0.6) is 0 Å². The Hall–Kier alpha value is -2.67. The Morgan fingerprint density at radius 3 is 2.53 bits per heavy atom. The van der Waals surface area contributed by atoms with E-state index >= 15 is 0 Å². The van der Waals surface area contributed by atoms with E-state index in [0.29, 0.717) is 23.3 Å². The molecule has 2 heterocycles. The highest BCUT2D eigenvalue weighted by atomic mass is 35.5. The van der Waals surface area contributed by atoms with E-state index in [1.165, 1.54) is 4.90 Å². The molecule has 1 N–H and O–H groups in total. The van der Waals surface area contributed by atoms with Crippen LogP contribution in [-0.4, -0.2) is 45.4 Å². The molecule has 1 saturated heterocycles. The van der Waals surface area contributed by atoms with Gasteiger partial charge < -0.3 is 31.2 Å². The summed E-state index contributed by atoms with van der Waals surface area (Å²) < 4.78 is 16.9. The predicted molar refractivity (Wildman–Crippen MR) is 109 cm³/mol. The molecule has 0 atom stereocenters. The van der Waals surface area contributed by atoms with Gasteiger partial charge in [-0.1, -0.05) is 36.4 Å². The normalized spacial score (nSPS) is 14.3. The number of rotatable bonds is 5. The number of halogens is 1. The summed E-state index contributed by atoms with van der Waals surface area (Å²) in [6.07, 6.45) is 0. The fraction of sp³-hybridized carbons (Fsp3) is 0.304. The Labute approximate surface area is 180 Å². The van der Waals surface area contributed by atoms with Gasteiger partial charge in [0.25, 0.3) is 0 Å². The van der Waals surface area contributed by atoms with Gasteiger partial charge in [0, 0.05) is 11.1 Å². The number of carbonyl (C=O) groups excluding carboxylic acids is 1. The van der Waals surface area contributed by atoms with Crippen LogP contribution in [0.1, 0.15) is 15.9 Å². The number of para-hydroxylation sites is 1. The number of fused-ring (bicyclic) bond motifs is 1. The molecule has 7 heteroatoms. The Bertz CT molecular complexity index is 1070. The largest absolute Gasteiger partial charge is 1.00 e. The average Bonchev–Trinajstić information content (AvgIpc) is 2.77. The third-order valence-electron chi connectivity index (χ3n) is 5.29. The molecule has 4 rings (SSSR count). The molecule has 0 bridgehead atoms. The van der Waals surface area contributed by atoms with Gasteiger partial charge in [0.2, 0.25) is 0 Å². The molecule has 2 aromatic carbocycles. The summed E-state index contributed by atoms with van der Waals surface area (Å²) in [7, 11) is 0. The predicted octanol–water partition coefficient (Wildman–Crippen LogP) is -1.16. The lowest BCUT2D eigenvalue weighted by molar-refractivity contribution is -0.908. The van der Waals surface area contributed by atoms with Crippen LogP contribution >= 0.6 is 0 Å². The van der Waals surface area contributed by atoms with Gasteiger partial charge in [-0.15, -0.1) is 0 Å². The maximum absolute atomic E-state index is 12.9. The minimum atomic E-state index is -0.478. The number of quaternary nitrogens is 1. The van der Waals surface area contributed by atoms with Crippen molar-refractivity contribution in [3.63, 3.8) is 0 Å². The van der Waals surface area contributed by atoms with Crippen LogP contribution in [-0.2, 0) is 9.47 Å². The summed E-state index contributed by atoms with van der Waals surface area (Å²) >= 11 is 0. The number of hydrogen-bond donors (Lipinski definition) is 1. The molecule has 1 aliphatic rings. The molecular formula is C23H24ClNO5. The summed E-state index contributed by atoms with van der Waals surface area (Å²) in [5.74, 6) is -0.00427. The summed E-state index contributed by atoms with van der Waals surface area (Å²) in [5.41, 5.74) is 1.71. The number of carbonyl (C=O) groups is 1. The second-order valence-corrected chi connectivity index (χ2v) is 7.18. The molecule has 0 aliphatic carbocycles. The fourth-order valence-electron chi connectivity index (χ4n) is 3.61. The first-order chi connectivity index (χ1) is 14.1. The van der Waals surface area contributed by atoms with Crippen molar-refractivity contribution in [2.75, 3.05) is 39.5 Å². The van der Waals surface area contributed by atoms with Gasteiger partial charge in [-0.05, 0) is 19.1 Å². The van der Waals surface area contributed by atoms with Gasteiger partial charge in [-0.3, -0.25) is 4.79 Å². The van der Waals surface area contributed by atoms with Crippen molar-refractivity contribution in [2.24, 2.45) is 0 Å². The molecule has 1 aromatic heterocycles. The van der Waals surface area contributed by atoms with Gasteiger partial charge in [0.15, 0.2) is 11.0 Å². The number of nitrogens with one attached hydrogen (secondary N) is 1. The minimum Gasteiger partial charge on any atom is -1.00 e. The lowest BCUT2D eigenvalue weighted by atomic mass is 10.0. The van der Waals surface area contributed by atoms with Crippen molar-refractivity contribution in [3.8, 4) is 11.3 Å². The van der Waals surface area contributed by atoms with Gasteiger partial charge in [-0.25, -0.2) is 4.79 Å². The van der Waals surface area contributed by atoms with E-state index < -0.39 is 5.97 Å². The van der Waals surface area contributed by atoms with Gasteiger partial charge in [0.05, 0.1) is 18.6 Å². The van der Waals surface area contributed by atoms with E-state index in [-0.39, 0.29) is 29.0 Å². The summed E-state index contributed by atoms with van der Waals surface area (Å²) in [6.45, 7) is 6.09. The van der Waals surface area contributed by atoms with Crippen LogP contribution in [0, 0.1) is 6.92 Å². The lowest BCUT2D eigenvalue weighted by Crippen LogP contribution is -3.14. The summed E-state index contributed by atoms with van der Waals surface area (Å²) in [5, 5.41) is 0.385. The first-order valence-corrected chi connectivity index (χ1v) is 9.85. The standard InChI is InChI=1S/C23H23NO5.ClH/c1-16-20(25)18-8-5-9-19(22(18)29-21(16)17-6-3-2-4-7-17)23(26)28-15-12-24-10-13-27-14-11-24;/h2-9H,10-15H2,1H3;1H. The number of hydrogen-bond acceptors (Lipinski definition) is 5. The second kappa shape index (κ2) is 9.89. The van der Waals surface area contributed by atoms with Crippen LogP contribution in [0.3, 0.4) is 0 Å². The van der Waals surface area contributed by atoms with Crippen molar-refractivity contribution in [1.82, 2.24) is 0 Å². The number of benzene rings is 2. The van der Waals surface area contributed by atoms with E-state index in [0.717, 1.165) is 38.4 Å². The molecule has 1 fully saturated rings. The molecular weight excluding hydrogens is 406 g/mol. The van der Waals surface area contributed by atoms with Crippen LogP contribution in [0.15, 0.2) is 57.7 Å². The minimum absolute atomic E-state index is 0. The smallest absolute Gasteiger partial charge is 0.342 e. The van der Waals surface area contributed by atoms with Gasteiger partial charge >= 0.3 is 5.97 Å². The Morgan fingerprint density at radius 1 is 1.07 bits per heavy atom. The molecule has 3 aromatic rings. The van der Waals surface area contributed by atoms with Crippen LogP contribution < -0.4 is 22.7 Å². The number of esters is 1. The van der Waals surface area contributed by atoms with Crippen LogP contribution in [0.25, 0.3) is 22.3 Å². The van der Waals surface area contributed by atoms with E-state index in [2.05, 4.69) is 0 Å². The third-order valence-corrected chi connectivity index (χ3v) is 5.29. The molecule has 158 valence electrons. The van der Waals surface area contributed by atoms with Gasteiger partial charge in [-0.2, -0.15) is 0 Å². The molecule has 0 amide bonds. The fourth-order valence-corrected chi connectivity index (χ4v) is 3.61. The van der Waals surface area contributed by atoms with E-state index in [9.17, 15) is 9.59 Å². The highest BCUT2D eigenvalue weighted by Crippen LogP contribution is 2.27. The van der Waals surface area contributed by atoms with Crippen molar-refractivity contribution in [3.05, 3.63) is 69.9 Å². The highest BCUT2D eigenvalue weighted by Gasteiger charge is 2.20. The van der Waals surface area contributed by atoms with Crippen molar-refractivity contribution in [1.29, 1.82) is 0 Å². The number of morpholine rings is 1. The molecule has 1 aliphatic heterocycles. The zero-order valence-corrected chi connectivity index (χ0v) is 17.5. The monoisotopic (exact) mass is 429 g/mol. The van der Waals surface area contributed by atoms with Crippen molar-refractivity contribution in [2.45, 2.75) is 6.92 Å². The van der Waals surface area contributed by atoms with Crippen molar-refractivity contribution < 1.29 is 36.0 Å². The average molecular weight is 430 g/mol. The Morgan fingerprint density at radius 2 is 1.80 bits per heavy atom. The number of ether oxygens (including phenoxy) is 2. The first kappa shape index (κ1) is 22.0. The molecule has 0 radical (unpaired) electrons. The van der Waals surface area contributed by atoms with E-state index in [1.54, 1.807) is 25.1 Å². The van der Waals surface area contributed by atoms with Crippen LogP contribution in [0.2, 0.25) is 0 Å². The lowest BCUT2D eigenvalue weighted by Gasteiger charge is -2.23. The van der Waals surface area contributed by atoms with Crippen molar-refractivity contribution >= 4 is 16.9 Å². The zero-order valence-electron chi connectivity index (χ0n) is 16.8. The summed E-state index contributed by atoms with van der Waals surface area (Å²) in [6, 6.07) is 14.4. The molecule has 0 spiro atoms. The second-order valence-electron chi connectivity index (χ2n) is 7.18. The zero-order chi connectivity index (χ0) is 20.2. The quantitative estimate of drug-likeness (QED) is 0.518. The van der Waals surface area contributed by atoms with Crippen LogP contribution in [0.4, 0.5) is 0 Å². The van der Waals surface area contributed by atoms with Gasteiger partial charge in [0.1, 0.15) is 37.6 Å². The SMILES string of the molecule is Cc1c(-c2ccccc2)oc2c(C(=O)OCC[NH+]3CCOCC3)cccc2c1=O.[Cl-]. The molecule has 0 saturated carbocycles. The topological polar surface area (TPSA) is 70.2 Å². The molecule has 0 unspecified atom stereocenters. The first-order valence-electron chi connectivity index (χ1n) is 9.85. The maximum atomic E-state index is 12.9. The molecule has 30 heavy (non-hydrogen) atoms. The Balaban J connectivity index is 0.00000256. The maximum Gasteiger partial charge on any atom is 0.342 e.